The van der Waals surface area contributed by atoms with Gasteiger partial charge in [-0.15, -0.1) is 16.4 Å². The van der Waals surface area contributed by atoms with E-state index in [4.69, 9.17) is 4.74 Å². The van der Waals surface area contributed by atoms with Gasteiger partial charge in [0.2, 0.25) is 5.88 Å². The molecule has 0 unspecified atom stereocenters. The Labute approximate surface area is 129 Å². The number of piperidine rings is 1. The fraction of sp³-hybridized carbons (Fsp3) is 0.533. The van der Waals surface area contributed by atoms with E-state index in [-0.39, 0.29) is 0 Å². The molecule has 0 amide bonds. The maximum absolute atomic E-state index is 5.74. The molecular formula is C15H20N4OS. The quantitative estimate of drug-likeness (QED) is 0.869. The minimum atomic E-state index is 0.588. The second-order valence-electron chi connectivity index (χ2n) is 5.53. The summed E-state index contributed by atoms with van der Waals surface area (Å²) in [6.07, 6.45) is 2.27. The summed E-state index contributed by atoms with van der Waals surface area (Å²) < 4.78 is 5.74. The Morgan fingerprint density at radius 2 is 2.00 bits per heavy atom. The van der Waals surface area contributed by atoms with Crippen molar-refractivity contribution in [2.24, 2.45) is 5.92 Å². The molecule has 21 heavy (non-hydrogen) atoms. The van der Waals surface area contributed by atoms with Crippen LogP contribution in [0.4, 0.5) is 5.13 Å². The third kappa shape index (κ3) is 3.69. The Balaban J connectivity index is 1.46. The molecule has 0 bridgehead atoms. The van der Waals surface area contributed by atoms with Gasteiger partial charge in [0.15, 0.2) is 5.13 Å². The van der Waals surface area contributed by atoms with Crippen molar-refractivity contribution in [2.75, 3.05) is 24.6 Å². The van der Waals surface area contributed by atoms with Crippen LogP contribution < -0.4 is 9.64 Å². The number of hydrogen-bond donors (Lipinski definition) is 0. The molecule has 0 spiro atoms. The first kappa shape index (κ1) is 14.3. The zero-order chi connectivity index (χ0) is 14.7. The van der Waals surface area contributed by atoms with Gasteiger partial charge in [-0.05, 0) is 38.7 Å². The molecule has 2 aromatic rings. The van der Waals surface area contributed by atoms with E-state index in [1.54, 1.807) is 11.3 Å². The predicted octanol–water partition coefficient (Wildman–Crippen LogP) is 2.85. The maximum Gasteiger partial charge on any atom is 0.233 e. The molecule has 1 saturated heterocycles. The van der Waals surface area contributed by atoms with Gasteiger partial charge >= 0.3 is 0 Å². The molecule has 0 atom stereocenters. The van der Waals surface area contributed by atoms with Crippen molar-refractivity contribution < 1.29 is 4.74 Å². The zero-order valence-corrected chi connectivity index (χ0v) is 13.3. The van der Waals surface area contributed by atoms with Crippen LogP contribution in [0.2, 0.25) is 0 Å². The van der Waals surface area contributed by atoms with Crippen LogP contribution >= 0.6 is 11.3 Å². The fourth-order valence-corrected chi connectivity index (χ4v) is 3.30. The van der Waals surface area contributed by atoms with Crippen molar-refractivity contribution >= 4 is 16.5 Å². The zero-order valence-electron chi connectivity index (χ0n) is 12.5. The van der Waals surface area contributed by atoms with E-state index < -0.39 is 0 Å². The minimum Gasteiger partial charge on any atom is -0.476 e. The average Bonchev–Trinajstić information content (AvgIpc) is 2.94. The topological polar surface area (TPSA) is 51.1 Å². The first-order valence-corrected chi connectivity index (χ1v) is 8.19. The summed E-state index contributed by atoms with van der Waals surface area (Å²) in [7, 11) is 0. The van der Waals surface area contributed by atoms with Crippen molar-refractivity contribution in [1.29, 1.82) is 0 Å². The van der Waals surface area contributed by atoms with E-state index in [0.717, 1.165) is 49.1 Å². The summed E-state index contributed by atoms with van der Waals surface area (Å²) in [5.41, 5.74) is 2.02. The summed E-state index contributed by atoms with van der Waals surface area (Å²) in [5, 5.41) is 11.3. The molecule has 1 aliphatic heterocycles. The SMILES string of the molecule is Cc1ccc(OCC2CCN(c3nc(C)cs3)CC2)nn1. The van der Waals surface area contributed by atoms with Crippen LogP contribution in [0.15, 0.2) is 17.5 Å². The Morgan fingerprint density at radius 1 is 1.19 bits per heavy atom. The second kappa shape index (κ2) is 6.39. The lowest BCUT2D eigenvalue weighted by Crippen LogP contribution is -2.35. The first-order chi connectivity index (χ1) is 10.2. The highest BCUT2D eigenvalue weighted by atomic mass is 32.1. The van der Waals surface area contributed by atoms with Crippen LogP contribution in [0.25, 0.3) is 0 Å². The number of aromatic nitrogens is 3. The number of anilines is 1. The van der Waals surface area contributed by atoms with Crippen LogP contribution in [0.3, 0.4) is 0 Å². The number of nitrogens with zero attached hydrogens (tertiary/aromatic N) is 4. The molecule has 5 nitrogen and oxygen atoms in total. The molecular weight excluding hydrogens is 284 g/mol. The summed E-state index contributed by atoms with van der Waals surface area (Å²) in [6, 6.07) is 3.81. The Morgan fingerprint density at radius 3 is 2.62 bits per heavy atom. The van der Waals surface area contributed by atoms with Gasteiger partial charge in [0.1, 0.15) is 0 Å². The molecule has 1 aliphatic rings. The van der Waals surface area contributed by atoms with Crippen molar-refractivity contribution in [1.82, 2.24) is 15.2 Å². The van der Waals surface area contributed by atoms with Crippen molar-refractivity contribution in [3.05, 3.63) is 28.9 Å². The fourth-order valence-electron chi connectivity index (χ4n) is 2.44. The smallest absolute Gasteiger partial charge is 0.233 e. The van der Waals surface area contributed by atoms with Crippen LogP contribution in [0.1, 0.15) is 24.2 Å². The largest absolute Gasteiger partial charge is 0.476 e. The predicted molar refractivity (Wildman–Crippen MR) is 84.1 cm³/mol. The lowest BCUT2D eigenvalue weighted by atomic mass is 9.98. The summed E-state index contributed by atoms with van der Waals surface area (Å²) in [4.78, 5) is 6.93. The van der Waals surface area contributed by atoms with Crippen molar-refractivity contribution in [3.63, 3.8) is 0 Å². The average molecular weight is 304 g/mol. The van der Waals surface area contributed by atoms with Crippen LogP contribution in [-0.4, -0.2) is 34.9 Å². The van der Waals surface area contributed by atoms with E-state index in [1.165, 1.54) is 0 Å². The lowest BCUT2D eigenvalue weighted by molar-refractivity contribution is 0.214. The second-order valence-corrected chi connectivity index (χ2v) is 6.36. The molecule has 0 N–H and O–H groups in total. The van der Waals surface area contributed by atoms with Gasteiger partial charge in [-0.25, -0.2) is 4.98 Å². The van der Waals surface area contributed by atoms with Gasteiger partial charge < -0.3 is 9.64 Å². The molecule has 1 fully saturated rings. The molecule has 112 valence electrons. The molecule has 0 aromatic carbocycles. The summed E-state index contributed by atoms with van der Waals surface area (Å²) >= 11 is 1.73. The highest BCUT2D eigenvalue weighted by molar-refractivity contribution is 7.13. The van der Waals surface area contributed by atoms with Gasteiger partial charge in [0.05, 0.1) is 18.0 Å². The highest BCUT2D eigenvalue weighted by Crippen LogP contribution is 2.26. The highest BCUT2D eigenvalue weighted by Gasteiger charge is 2.21. The third-order valence-corrected chi connectivity index (χ3v) is 4.75. The van der Waals surface area contributed by atoms with Crippen molar-refractivity contribution in [3.8, 4) is 5.88 Å². The normalized spacial score (nSPS) is 16.2. The number of aryl methyl sites for hydroxylation is 2. The Kier molecular flexibility index (Phi) is 4.34. The molecule has 3 rings (SSSR count). The number of thiazole rings is 1. The molecule has 3 heterocycles. The van der Waals surface area contributed by atoms with Gasteiger partial charge in [-0.1, -0.05) is 0 Å². The molecule has 0 radical (unpaired) electrons. The van der Waals surface area contributed by atoms with Gasteiger partial charge in [0.25, 0.3) is 0 Å². The minimum absolute atomic E-state index is 0.588. The van der Waals surface area contributed by atoms with E-state index in [9.17, 15) is 0 Å². The summed E-state index contributed by atoms with van der Waals surface area (Å²) in [6.45, 7) is 6.81. The van der Waals surface area contributed by atoms with Crippen LogP contribution in [-0.2, 0) is 0 Å². The summed E-state index contributed by atoms with van der Waals surface area (Å²) in [5.74, 6) is 1.21. The van der Waals surface area contributed by atoms with Crippen molar-refractivity contribution in [2.45, 2.75) is 26.7 Å². The lowest BCUT2D eigenvalue weighted by Gasteiger charge is -2.31. The molecule has 6 heteroatoms. The first-order valence-electron chi connectivity index (χ1n) is 7.31. The number of rotatable bonds is 4. The third-order valence-electron chi connectivity index (χ3n) is 3.73. The number of hydrogen-bond acceptors (Lipinski definition) is 6. The van der Waals surface area contributed by atoms with Crippen LogP contribution in [0, 0.1) is 19.8 Å². The van der Waals surface area contributed by atoms with Gasteiger partial charge in [-0.3, -0.25) is 0 Å². The van der Waals surface area contributed by atoms with E-state index in [1.807, 2.05) is 26.0 Å². The Bertz CT molecular complexity index is 576. The number of ether oxygens (including phenoxy) is 1. The monoisotopic (exact) mass is 304 g/mol. The standard InChI is InChI=1S/C15H20N4OS/c1-11-3-4-14(18-17-11)20-9-13-5-7-19(8-6-13)15-16-12(2)10-21-15/h3-4,10,13H,5-9H2,1-2H3. The van der Waals surface area contributed by atoms with E-state index in [2.05, 4.69) is 25.5 Å². The maximum atomic E-state index is 5.74. The van der Waals surface area contributed by atoms with E-state index in [0.29, 0.717) is 11.8 Å². The van der Waals surface area contributed by atoms with Crippen LogP contribution in [0.5, 0.6) is 5.88 Å². The molecule has 0 saturated carbocycles. The van der Waals surface area contributed by atoms with Gasteiger partial charge in [-0.2, -0.15) is 5.10 Å². The Hall–Kier alpha value is -1.69. The molecule has 0 aliphatic carbocycles. The molecule has 2 aromatic heterocycles. The van der Waals surface area contributed by atoms with E-state index >= 15 is 0 Å². The van der Waals surface area contributed by atoms with Gasteiger partial charge in [0, 0.05) is 24.5 Å².